The van der Waals surface area contributed by atoms with Crippen molar-refractivity contribution in [2.75, 3.05) is 38.6 Å². The van der Waals surface area contributed by atoms with E-state index in [-0.39, 0.29) is 19.8 Å². The van der Waals surface area contributed by atoms with E-state index in [1.807, 2.05) is 0 Å². The highest BCUT2D eigenvalue weighted by Gasteiger charge is 2.52. The molecule has 0 aliphatic carbocycles. The molecule has 0 N–H and O–H groups in total. The second-order valence-electron chi connectivity index (χ2n) is 14.0. The van der Waals surface area contributed by atoms with Crippen LogP contribution in [0.1, 0.15) is 25.7 Å². The van der Waals surface area contributed by atoms with Crippen LogP contribution in [0.5, 0.6) is 0 Å². The minimum Gasteiger partial charge on any atom is -0.463 e. The van der Waals surface area contributed by atoms with E-state index in [1.54, 1.807) is 0 Å². The van der Waals surface area contributed by atoms with Crippen molar-refractivity contribution in [2.24, 2.45) is 0 Å². The van der Waals surface area contributed by atoms with Gasteiger partial charge in [0.2, 0.25) is 0 Å². The van der Waals surface area contributed by atoms with Crippen molar-refractivity contribution in [1.82, 2.24) is 0 Å². The summed E-state index contributed by atoms with van der Waals surface area (Å²) in [4.78, 5) is 0. The molecule has 0 radical (unpaired) electrons. The third kappa shape index (κ3) is 25.5. The Bertz CT molecular complexity index is 1080. The van der Waals surface area contributed by atoms with E-state index in [2.05, 4.69) is 52.4 Å². The lowest BCUT2D eigenvalue weighted by atomic mass is 10.5. The van der Waals surface area contributed by atoms with Gasteiger partial charge in [0.25, 0.3) is 30.4 Å². The standard InChI is InChI=1S/C23H60O13S3Si6/c1-37(24,25)30-16-12-19-42(6,7)34-45(23-15-22-41(4,5)33-40,35-43(8,9)20-13-17-31-38(2,26)27)36-44(10,11)21-14-18-32-39(3,28)29/h12-23H2,1-11,40H3. The predicted molar refractivity (Wildman–Crippen MR) is 195 cm³/mol. The van der Waals surface area contributed by atoms with Crippen molar-refractivity contribution in [3.05, 3.63) is 0 Å². The van der Waals surface area contributed by atoms with E-state index in [9.17, 15) is 25.3 Å². The lowest BCUT2D eigenvalue weighted by Gasteiger charge is -2.45. The summed E-state index contributed by atoms with van der Waals surface area (Å²) in [6.07, 6.45) is 5.37. The Morgan fingerprint density at radius 3 is 0.956 bits per heavy atom. The maximum atomic E-state index is 11.5. The van der Waals surface area contributed by atoms with Gasteiger partial charge >= 0.3 is 8.80 Å². The molecule has 0 bridgehead atoms. The van der Waals surface area contributed by atoms with Crippen molar-refractivity contribution in [2.45, 2.75) is 108 Å². The molecular weight excluding hydrogens is 749 g/mol. The predicted octanol–water partition coefficient (Wildman–Crippen LogP) is 3.58. The van der Waals surface area contributed by atoms with Crippen LogP contribution in [0.4, 0.5) is 0 Å². The maximum Gasteiger partial charge on any atom is 0.469 e. The topological polar surface area (TPSA) is 167 Å². The van der Waals surface area contributed by atoms with Gasteiger partial charge in [-0.15, -0.1) is 0 Å². The molecule has 0 spiro atoms. The van der Waals surface area contributed by atoms with Crippen molar-refractivity contribution >= 4 is 82.9 Å². The number of rotatable bonds is 26. The molecule has 45 heavy (non-hydrogen) atoms. The first-order valence-corrected chi connectivity index (χ1v) is 35.9. The Kier molecular flexibility index (Phi) is 19.1. The van der Waals surface area contributed by atoms with Gasteiger partial charge in [0.05, 0.1) is 38.6 Å². The normalized spacial score (nSPS) is 14.7. The zero-order valence-electron chi connectivity index (χ0n) is 29.5. The SMILES string of the molecule is C[Si](C)(CCC[Si](O[Si](C)(C)CCCOS(C)(=O)=O)(O[Si](C)(C)CCCOS(C)(=O)=O)O[Si](C)(C)CCCOS(C)(=O)=O)O[SiH3]. The van der Waals surface area contributed by atoms with Gasteiger partial charge in [-0.25, -0.2) is 0 Å². The highest BCUT2D eigenvalue weighted by atomic mass is 32.2. The largest absolute Gasteiger partial charge is 0.469 e. The molecule has 0 aromatic heterocycles. The second kappa shape index (κ2) is 18.7. The Hall–Kier alpha value is 0.871. The van der Waals surface area contributed by atoms with E-state index < -0.39 is 72.4 Å². The molecule has 13 nitrogen and oxygen atoms in total. The average Bonchev–Trinajstić information content (AvgIpc) is 2.79. The van der Waals surface area contributed by atoms with Gasteiger partial charge in [-0.2, -0.15) is 25.3 Å². The van der Waals surface area contributed by atoms with E-state index in [4.69, 9.17) is 29.0 Å². The van der Waals surface area contributed by atoms with E-state index in [0.717, 1.165) is 31.2 Å². The molecule has 0 saturated heterocycles. The fourth-order valence-electron chi connectivity index (χ4n) is 4.59. The summed E-state index contributed by atoms with van der Waals surface area (Å²) in [6.45, 7) is 17.0. The van der Waals surface area contributed by atoms with Crippen LogP contribution in [0.3, 0.4) is 0 Å². The van der Waals surface area contributed by atoms with E-state index in [0.29, 0.717) is 53.9 Å². The maximum absolute atomic E-state index is 11.5. The molecule has 0 saturated carbocycles. The summed E-state index contributed by atoms with van der Waals surface area (Å²) in [7, 11) is -22.8. The van der Waals surface area contributed by atoms with Gasteiger partial charge in [0.15, 0.2) is 33.3 Å². The van der Waals surface area contributed by atoms with Gasteiger partial charge in [0, 0.05) is 6.04 Å². The van der Waals surface area contributed by atoms with Crippen LogP contribution in [0.25, 0.3) is 0 Å². The van der Waals surface area contributed by atoms with Gasteiger partial charge in [-0.3, -0.25) is 12.5 Å². The second-order valence-corrected chi connectivity index (χ2v) is 40.9. The van der Waals surface area contributed by atoms with Crippen molar-refractivity contribution in [1.29, 1.82) is 0 Å². The third-order valence-corrected chi connectivity index (χ3v) is 30.5. The summed E-state index contributed by atoms with van der Waals surface area (Å²) in [5, 5.41) is 0. The summed E-state index contributed by atoms with van der Waals surface area (Å²) in [5.41, 5.74) is 0. The first-order chi connectivity index (χ1) is 20.0. The van der Waals surface area contributed by atoms with Crippen LogP contribution in [-0.4, -0.2) is 116 Å². The average molecular weight is 809 g/mol. The highest BCUT2D eigenvalue weighted by Crippen LogP contribution is 2.35. The molecule has 0 heterocycles. The van der Waals surface area contributed by atoms with Gasteiger partial charge < -0.3 is 16.5 Å². The third-order valence-electron chi connectivity index (χ3n) is 6.77. The Balaban J connectivity index is 6.36. The van der Waals surface area contributed by atoms with Crippen LogP contribution >= 0.6 is 0 Å². The molecule has 0 aromatic carbocycles. The van der Waals surface area contributed by atoms with Gasteiger partial charge in [-0.1, -0.05) is 0 Å². The number of hydrogen-bond acceptors (Lipinski definition) is 13. The van der Waals surface area contributed by atoms with Crippen molar-refractivity contribution in [3.8, 4) is 0 Å². The summed E-state index contributed by atoms with van der Waals surface area (Å²) >= 11 is 0. The van der Waals surface area contributed by atoms with Gasteiger partial charge in [-0.05, 0) is 102 Å². The van der Waals surface area contributed by atoms with Crippen LogP contribution in [-0.2, 0) is 59.4 Å². The molecule has 272 valence electrons. The lowest BCUT2D eigenvalue weighted by molar-refractivity contribution is 0.241. The molecular formula is C23H60O13S3Si6. The zero-order valence-corrected chi connectivity index (χ0v) is 39.0. The minimum absolute atomic E-state index is 0.0631. The Morgan fingerprint density at radius 2 is 0.711 bits per heavy atom. The van der Waals surface area contributed by atoms with E-state index in [1.165, 1.54) is 0 Å². The van der Waals surface area contributed by atoms with Crippen LogP contribution < -0.4 is 0 Å². The van der Waals surface area contributed by atoms with Crippen LogP contribution in [0, 0.1) is 0 Å². The first kappa shape index (κ1) is 45.9. The highest BCUT2D eigenvalue weighted by molar-refractivity contribution is 7.86. The van der Waals surface area contributed by atoms with Crippen LogP contribution in [0.15, 0.2) is 0 Å². The molecule has 0 aromatic rings. The quantitative estimate of drug-likeness (QED) is 0.0708. The molecule has 0 aliphatic heterocycles. The fraction of sp³-hybridized carbons (Fsp3) is 1.00. The Morgan fingerprint density at radius 1 is 0.444 bits per heavy atom. The van der Waals surface area contributed by atoms with Crippen molar-refractivity contribution < 1.29 is 54.3 Å². The molecule has 0 unspecified atom stereocenters. The zero-order chi connectivity index (χ0) is 35.4. The molecule has 22 heteroatoms. The molecule has 0 aliphatic rings. The van der Waals surface area contributed by atoms with Gasteiger partial charge in [0.1, 0.15) is 10.5 Å². The smallest absolute Gasteiger partial charge is 0.463 e. The first-order valence-electron chi connectivity index (χ1n) is 15.2. The monoisotopic (exact) mass is 808 g/mol. The molecule has 0 atom stereocenters. The fourth-order valence-corrected chi connectivity index (χ4v) is 25.8. The van der Waals surface area contributed by atoms with E-state index >= 15 is 0 Å². The molecule has 0 fully saturated rings. The lowest BCUT2D eigenvalue weighted by Crippen LogP contribution is -2.62. The van der Waals surface area contributed by atoms with Crippen molar-refractivity contribution in [3.63, 3.8) is 0 Å². The Labute approximate surface area is 282 Å². The minimum atomic E-state index is -3.55. The summed E-state index contributed by atoms with van der Waals surface area (Å²) in [5.74, 6) is 0. The molecule has 0 amide bonds. The molecule has 0 rings (SSSR count). The van der Waals surface area contributed by atoms with Crippen LogP contribution in [0.2, 0.25) is 82.6 Å². The summed E-state index contributed by atoms with van der Waals surface area (Å²) in [6, 6.07) is 3.36. The number of hydrogen-bond donors (Lipinski definition) is 0. The summed E-state index contributed by atoms with van der Waals surface area (Å²) < 4.78 is 111.